The predicted molar refractivity (Wildman–Crippen MR) is 70.2 cm³/mol. The highest BCUT2D eigenvalue weighted by Gasteiger charge is 2.37. The fraction of sp³-hybridized carbons (Fsp3) is 0.500. The number of rotatable bonds is 3. The predicted octanol–water partition coefficient (Wildman–Crippen LogP) is 0.776. The number of carbonyl (C=O) groups is 2. The molecule has 1 unspecified atom stereocenters. The molecule has 0 fully saturated rings. The van der Waals surface area contributed by atoms with Gasteiger partial charge in [-0.15, -0.1) is 11.3 Å². The fourth-order valence-electron chi connectivity index (χ4n) is 2.25. The number of aliphatic hydroxyl groups is 1. The van der Waals surface area contributed by atoms with Crippen molar-refractivity contribution in [2.45, 2.75) is 12.5 Å². The Morgan fingerprint density at radius 1 is 1.58 bits per heavy atom. The lowest BCUT2D eigenvalue weighted by Gasteiger charge is -2.35. The number of carboxylic acids is 1. The van der Waals surface area contributed by atoms with Gasteiger partial charge >= 0.3 is 12.0 Å². The summed E-state index contributed by atoms with van der Waals surface area (Å²) in [5.74, 6) is -1.02. The Balaban J connectivity index is 2.26. The zero-order valence-corrected chi connectivity index (χ0v) is 11.4. The number of thiophene rings is 1. The third-order valence-electron chi connectivity index (χ3n) is 3.21. The number of carbonyl (C=O) groups excluding carboxylic acids is 1. The minimum absolute atomic E-state index is 0.141. The van der Waals surface area contributed by atoms with E-state index in [4.69, 9.17) is 5.11 Å². The van der Waals surface area contributed by atoms with Crippen LogP contribution in [0.3, 0.4) is 0 Å². The van der Waals surface area contributed by atoms with Crippen LogP contribution < -0.4 is 0 Å². The number of hydrogen-bond donors (Lipinski definition) is 2. The fourth-order valence-corrected chi connectivity index (χ4v) is 3.16. The largest absolute Gasteiger partial charge is 0.479 e. The molecule has 0 saturated carbocycles. The number of nitrogens with zero attached hydrogens (tertiary/aromatic N) is 2. The molecule has 1 aromatic heterocycles. The van der Waals surface area contributed by atoms with Gasteiger partial charge in [-0.2, -0.15) is 0 Å². The van der Waals surface area contributed by atoms with E-state index < -0.39 is 12.0 Å². The second-order valence-electron chi connectivity index (χ2n) is 4.41. The number of aliphatic carboxylic acids is 1. The smallest absolute Gasteiger partial charge is 0.331 e. The molecule has 0 saturated heterocycles. The summed E-state index contributed by atoms with van der Waals surface area (Å²) in [5, 5.41) is 20.1. The van der Waals surface area contributed by atoms with E-state index in [1.807, 2.05) is 5.38 Å². The highest BCUT2D eigenvalue weighted by atomic mass is 32.1. The molecule has 0 radical (unpaired) electrons. The first-order valence-electron chi connectivity index (χ1n) is 5.98. The molecule has 1 atom stereocenters. The maximum Gasteiger partial charge on any atom is 0.331 e. The van der Waals surface area contributed by atoms with Gasteiger partial charge in [0.2, 0.25) is 0 Å². The molecule has 0 spiro atoms. The van der Waals surface area contributed by atoms with E-state index >= 15 is 0 Å². The molecule has 6 nitrogen and oxygen atoms in total. The Kier molecular flexibility index (Phi) is 4.06. The molecule has 2 amide bonds. The average molecular weight is 284 g/mol. The van der Waals surface area contributed by atoms with Crippen molar-refractivity contribution in [1.29, 1.82) is 0 Å². The highest BCUT2D eigenvalue weighted by Crippen LogP contribution is 2.33. The van der Waals surface area contributed by atoms with Crippen LogP contribution in [0.1, 0.15) is 16.5 Å². The van der Waals surface area contributed by atoms with Crippen molar-refractivity contribution in [3.05, 3.63) is 21.9 Å². The maximum atomic E-state index is 12.2. The van der Waals surface area contributed by atoms with Gasteiger partial charge in [0, 0.05) is 25.0 Å². The number of fused-ring (bicyclic) bond motifs is 1. The maximum absolute atomic E-state index is 12.2. The summed E-state index contributed by atoms with van der Waals surface area (Å²) in [5.41, 5.74) is 0.703. The average Bonchev–Trinajstić information content (AvgIpc) is 2.84. The van der Waals surface area contributed by atoms with Gasteiger partial charge < -0.3 is 20.0 Å². The van der Waals surface area contributed by atoms with Crippen LogP contribution in [0.2, 0.25) is 0 Å². The summed E-state index contributed by atoms with van der Waals surface area (Å²) in [4.78, 5) is 27.4. The van der Waals surface area contributed by atoms with Crippen molar-refractivity contribution in [1.82, 2.24) is 9.80 Å². The number of carboxylic acid groups (broad SMARTS) is 1. The summed E-state index contributed by atoms with van der Waals surface area (Å²) in [6.45, 7) is 0.439. The summed E-state index contributed by atoms with van der Waals surface area (Å²) >= 11 is 1.52. The second kappa shape index (κ2) is 5.58. The molecule has 7 heteroatoms. The lowest BCUT2D eigenvalue weighted by atomic mass is 10.0. The third-order valence-corrected chi connectivity index (χ3v) is 4.20. The van der Waals surface area contributed by atoms with E-state index in [-0.39, 0.29) is 19.2 Å². The van der Waals surface area contributed by atoms with Gasteiger partial charge in [-0.3, -0.25) is 0 Å². The molecule has 1 aliphatic heterocycles. The molecule has 1 aliphatic rings. The summed E-state index contributed by atoms with van der Waals surface area (Å²) < 4.78 is 0. The van der Waals surface area contributed by atoms with Crippen LogP contribution in [0.25, 0.3) is 0 Å². The Labute approximate surface area is 114 Å². The number of hydrogen-bond acceptors (Lipinski definition) is 4. The molecular formula is C12H16N2O4S. The Morgan fingerprint density at radius 3 is 2.95 bits per heavy atom. The summed E-state index contributed by atoms with van der Waals surface area (Å²) in [7, 11) is 1.56. The van der Waals surface area contributed by atoms with Crippen molar-refractivity contribution in [3.8, 4) is 0 Å². The van der Waals surface area contributed by atoms with Crippen molar-refractivity contribution in [3.63, 3.8) is 0 Å². The number of urea groups is 1. The number of amides is 2. The van der Waals surface area contributed by atoms with Gasteiger partial charge in [-0.1, -0.05) is 0 Å². The SMILES string of the molecule is CN(CCO)C(=O)N1CCc2sccc2C1C(=O)O. The minimum atomic E-state index is -1.02. The van der Waals surface area contributed by atoms with Crippen LogP contribution in [0.5, 0.6) is 0 Å². The van der Waals surface area contributed by atoms with Crippen molar-refractivity contribution in [2.75, 3.05) is 26.7 Å². The van der Waals surface area contributed by atoms with E-state index in [9.17, 15) is 14.7 Å². The standard InChI is InChI=1S/C12H16N2O4S/c1-13(5-6-15)12(18)14-4-2-9-8(3-7-19-9)10(14)11(16)17/h3,7,10,15H,2,4-6H2,1H3,(H,16,17). The van der Waals surface area contributed by atoms with Crippen LogP contribution in [0.4, 0.5) is 4.79 Å². The number of likely N-dealkylation sites (N-methyl/N-ethyl adjacent to an activating group) is 1. The Bertz CT molecular complexity index is 488. The first-order valence-corrected chi connectivity index (χ1v) is 6.86. The lowest BCUT2D eigenvalue weighted by molar-refractivity contribution is -0.143. The molecule has 104 valence electrons. The van der Waals surface area contributed by atoms with E-state index in [1.54, 1.807) is 13.1 Å². The van der Waals surface area contributed by atoms with Gasteiger partial charge in [0.1, 0.15) is 0 Å². The highest BCUT2D eigenvalue weighted by molar-refractivity contribution is 7.10. The van der Waals surface area contributed by atoms with Crippen molar-refractivity contribution >= 4 is 23.3 Å². The van der Waals surface area contributed by atoms with Gasteiger partial charge in [0.05, 0.1) is 6.61 Å². The first kappa shape index (κ1) is 13.8. The Hall–Kier alpha value is -1.60. The summed E-state index contributed by atoms with van der Waals surface area (Å²) in [6.07, 6.45) is 0.676. The summed E-state index contributed by atoms with van der Waals surface area (Å²) in [6, 6.07) is 0.478. The van der Waals surface area contributed by atoms with E-state index in [0.29, 0.717) is 18.5 Å². The molecule has 2 rings (SSSR count). The van der Waals surface area contributed by atoms with E-state index in [0.717, 1.165) is 4.88 Å². The van der Waals surface area contributed by atoms with Crippen molar-refractivity contribution in [2.24, 2.45) is 0 Å². The molecular weight excluding hydrogens is 268 g/mol. The number of aliphatic hydroxyl groups excluding tert-OH is 1. The second-order valence-corrected chi connectivity index (χ2v) is 5.41. The molecule has 0 aromatic carbocycles. The molecule has 0 bridgehead atoms. The molecule has 1 aromatic rings. The lowest BCUT2D eigenvalue weighted by Crippen LogP contribution is -2.48. The minimum Gasteiger partial charge on any atom is -0.479 e. The molecule has 2 N–H and O–H groups in total. The van der Waals surface area contributed by atoms with Gasteiger partial charge in [0.15, 0.2) is 6.04 Å². The zero-order valence-electron chi connectivity index (χ0n) is 10.6. The van der Waals surface area contributed by atoms with Crippen LogP contribution in [0.15, 0.2) is 11.4 Å². The first-order chi connectivity index (χ1) is 9.06. The van der Waals surface area contributed by atoms with E-state index in [1.165, 1.54) is 21.1 Å². The molecule has 19 heavy (non-hydrogen) atoms. The van der Waals surface area contributed by atoms with Crippen LogP contribution >= 0.6 is 11.3 Å². The third kappa shape index (κ3) is 2.57. The van der Waals surface area contributed by atoms with Gasteiger partial charge in [-0.05, 0) is 23.4 Å². The van der Waals surface area contributed by atoms with Crippen LogP contribution in [0, 0.1) is 0 Å². The van der Waals surface area contributed by atoms with E-state index in [2.05, 4.69) is 0 Å². The van der Waals surface area contributed by atoms with Gasteiger partial charge in [-0.25, -0.2) is 9.59 Å². The normalized spacial score (nSPS) is 18.0. The van der Waals surface area contributed by atoms with Gasteiger partial charge in [0.25, 0.3) is 0 Å². The topological polar surface area (TPSA) is 81.1 Å². The van der Waals surface area contributed by atoms with Crippen LogP contribution in [-0.2, 0) is 11.2 Å². The molecule has 2 heterocycles. The quantitative estimate of drug-likeness (QED) is 0.859. The molecule has 0 aliphatic carbocycles. The van der Waals surface area contributed by atoms with Crippen molar-refractivity contribution < 1.29 is 19.8 Å². The zero-order chi connectivity index (χ0) is 14.0. The monoisotopic (exact) mass is 284 g/mol. The Morgan fingerprint density at radius 2 is 2.32 bits per heavy atom. The van der Waals surface area contributed by atoms with Crippen LogP contribution in [-0.4, -0.2) is 58.8 Å².